The lowest BCUT2D eigenvalue weighted by Gasteiger charge is -2.36. The van der Waals surface area contributed by atoms with E-state index in [2.05, 4.69) is 11.6 Å². The lowest BCUT2D eigenvalue weighted by atomic mass is 9.92. The molecule has 1 saturated carbocycles. The monoisotopic (exact) mass is 224 g/mol. The van der Waals surface area contributed by atoms with Crippen LogP contribution in [0.1, 0.15) is 19.8 Å². The second kappa shape index (κ2) is 5.73. The normalized spacial score (nSPS) is 28.2. The number of hydrogen-bond acceptors (Lipinski definition) is 3. The summed E-state index contributed by atoms with van der Waals surface area (Å²) in [5.41, 5.74) is 5.43. The lowest BCUT2D eigenvalue weighted by molar-refractivity contribution is -0.123. The van der Waals surface area contributed by atoms with Crippen molar-refractivity contribution >= 4 is 30.1 Å². The third-order valence-corrected chi connectivity index (χ3v) is 3.42. The van der Waals surface area contributed by atoms with Crippen LogP contribution < -0.4 is 11.1 Å². The van der Waals surface area contributed by atoms with Crippen LogP contribution in [0.15, 0.2) is 0 Å². The van der Waals surface area contributed by atoms with E-state index in [1.54, 1.807) is 6.92 Å². The molecule has 0 radical (unpaired) electrons. The predicted molar refractivity (Wildman–Crippen MR) is 59.4 cm³/mol. The molecule has 13 heavy (non-hydrogen) atoms. The third-order valence-electron chi connectivity index (χ3n) is 2.25. The fraction of sp³-hybridized carbons (Fsp3) is 0.875. The summed E-state index contributed by atoms with van der Waals surface area (Å²) in [6.45, 7) is 1.71. The number of hydrogen-bond donors (Lipinski definition) is 2. The van der Waals surface area contributed by atoms with Gasteiger partial charge in [-0.3, -0.25) is 4.79 Å². The van der Waals surface area contributed by atoms with Gasteiger partial charge in [0.2, 0.25) is 5.91 Å². The molecule has 0 heterocycles. The predicted octanol–water partition coefficient (Wildman–Crippen LogP) is 0.766. The van der Waals surface area contributed by atoms with Gasteiger partial charge in [-0.2, -0.15) is 11.8 Å². The van der Waals surface area contributed by atoms with Gasteiger partial charge < -0.3 is 11.1 Å². The highest BCUT2D eigenvalue weighted by Gasteiger charge is 2.31. The van der Waals surface area contributed by atoms with Crippen molar-refractivity contribution in [3.8, 4) is 0 Å². The fourth-order valence-electron chi connectivity index (χ4n) is 1.23. The molecule has 0 aromatic rings. The van der Waals surface area contributed by atoms with E-state index in [9.17, 15) is 4.79 Å². The highest BCUT2D eigenvalue weighted by atomic mass is 35.5. The molecule has 2 unspecified atom stereocenters. The summed E-state index contributed by atoms with van der Waals surface area (Å²) < 4.78 is 0. The molecule has 5 heteroatoms. The first-order valence-electron chi connectivity index (χ1n) is 4.24. The molecule has 1 aliphatic carbocycles. The number of halogens is 1. The fourth-order valence-corrected chi connectivity index (χ4v) is 2.14. The quantitative estimate of drug-likeness (QED) is 0.745. The zero-order valence-corrected chi connectivity index (χ0v) is 9.58. The first kappa shape index (κ1) is 13.1. The van der Waals surface area contributed by atoms with Crippen LogP contribution >= 0.6 is 24.2 Å². The Morgan fingerprint density at radius 1 is 1.62 bits per heavy atom. The Morgan fingerprint density at radius 3 is 2.54 bits per heavy atom. The second-order valence-corrected chi connectivity index (χ2v) is 4.33. The molecule has 0 aromatic carbocycles. The van der Waals surface area contributed by atoms with Crippen LogP contribution in [0.4, 0.5) is 0 Å². The number of carbonyl (C=O) groups is 1. The smallest absolute Gasteiger partial charge is 0.236 e. The van der Waals surface area contributed by atoms with Crippen molar-refractivity contribution in [3.63, 3.8) is 0 Å². The van der Waals surface area contributed by atoms with Gasteiger partial charge in [0.1, 0.15) is 0 Å². The average molecular weight is 225 g/mol. The average Bonchev–Trinajstić information content (AvgIpc) is 1.98. The minimum Gasteiger partial charge on any atom is -0.351 e. The topological polar surface area (TPSA) is 55.1 Å². The third kappa shape index (κ3) is 3.37. The van der Waals surface area contributed by atoms with Gasteiger partial charge in [-0.15, -0.1) is 12.4 Å². The number of amides is 1. The van der Waals surface area contributed by atoms with Gasteiger partial charge in [-0.1, -0.05) is 0 Å². The second-order valence-electron chi connectivity index (χ2n) is 3.26. The Kier molecular flexibility index (Phi) is 5.76. The van der Waals surface area contributed by atoms with E-state index in [1.807, 2.05) is 11.8 Å². The molecule has 3 N–H and O–H groups in total. The van der Waals surface area contributed by atoms with E-state index in [1.165, 1.54) is 6.42 Å². The minimum absolute atomic E-state index is 0. The summed E-state index contributed by atoms with van der Waals surface area (Å²) in [5, 5.41) is 3.54. The maximum Gasteiger partial charge on any atom is 0.236 e. The standard InChI is InChI=1S/C8H16N2OS.ClH/c1-5(9)8(11)10-6-3-4-7(6)12-2;/h5-7H,3-4,9H2,1-2H3,(H,10,11);1H/t5-,6?,7?;/m1./s1. The molecular weight excluding hydrogens is 208 g/mol. The maximum absolute atomic E-state index is 11.2. The van der Waals surface area contributed by atoms with Gasteiger partial charge in [0.25, 0.3) is 0 Å². The van der Waals surface area contributed by atoms with E-state index in [4.69, 9.17) is 5.73 Å². The van der Waals surface area contributed by atoms with E-state index in [-0.39, 0.29) is 24.4 Å². The van der Waals surface area contributed by atoms with Gasteiger partial charge in [-0.25, -0.2) is 0 Å². The Balaban J connectivity index is 0.00000144. The van der Waals surface area contributed by atoms with Crippen LogP contribution in [0, 0.1) is 0 Å². The number of rotatable bonds is 3. The molecule has 1 fully saturated rings. The number of carbonyl (C=O) groups excluding carboxylic acids is 1. The van der Waals surface area contributed by atoms with Gasteiger partial charge in [0.05, 0.1) is 6.04 Å². The number of nitrogens with two attached hydrogens (primary N) is 1. The van der Waals surface area contributed by atoms with Gasteiger partial charge in [-0.05, 0) is 26.0 Å². The van der Waals surface area contributed by atoms with Crippen molar-refractivity contribution in [2.75, 3.05) is 6.26 Å². The molecule has 0 bridgehead atoms. The number of thioether (sulfide) groups is 1. The van der Waals surface area contributed by atoms with E-state index in [0.29, 0.717) is 11.3 Å². The SMILES string of the molecule is CSC1CCC1NC(=O)[C@@H](C)N.Cl. The van der Waals surface area contributed by atoms with Crippen molar-refractivity contribution < 1.29 is 4.79 Å². The summed E-state index contributed by atoms with van der Waals surface area (Å²) in [6, 6.07) is -0.0217. The number of nitrogens with one attached hydrogen (secondary N) is 1. The molecular formula is C8H17ClN2OS. The van der Waals surface area contributed by atoms with Gasteiger partial charge in [0.15, 0.2) is 0 Å². The minimum atomic E-state index is -0.381. The Bertz CT molecular complexity index is 176. The zero-order chi connectivity index (χ0) is 9.14. The summed E-state index contributed by atoms with van der Waals surface area (Å²) in [7, 11) is 0. The van der Waals surface area contributed by atoms with E-state index in [0.717, 1.165) is 6.42 Å². The van der Waals surface area contributed by atoms with Crippen LogP contribution in [0.3, 0.4) is 0 Å². The molecule has 78 valence electrons. The Labute approximate surface area is 89.6 Å². The van der Waals surface area contributed by atoms with Crippen molar-refractivity contribution in [3.05, 3.63) is 0 Å². The Hall–Kier alpha value is 0.0700. The zero-order valence-electron chi connectivity index (χ0n) is 7.95. The molecule has 0 saturated heterocycles. The molecule has 1 amide bonds. The van der Waals surface area contributed by atoms with Crippen LogP contribution in [-0.2, 0) is 4.79 Å². The molecule has 3 nitrogen and oxygen atoms in total. The highest BCUT2D eigenvalue weighted by Crippen LogP contribution is 2.29. The van der Waals surface area contributed by atoms with E-state index >= 15 is 0 Å². The van der Waals surface area contributed by atoms with Crippen molar-refractivity contribution in [2.45, 2.75) is 37.1 Å². The van der Waals surface area contributed by atoms with Crippen LogP contribution in [0.5, 0.6) is 0 Å². The summed E-state index contributed by atoms with van der Waals surface area (Å²) in [4.78, 5) is 11.2. The lowest BCUT2D eigenvalue weighted by Crippen LogP contribution is -2.52. The first-order chi connectivity index (χ1) is 5.65. The molecule has 0 aromatic heterocycles. The summed E-state index contributed by atoms with van der Waals surface area (Å²) in [5.74, 6) is -0.0289. The molecule has 3 atom stereocenters. The van der Waals surface area contributed by atoms with E-state index < -0.39 is 0 Å². The van der Waals surface area contributed by atoms with Crippen LogP contribution in [0.2, 0.25) is 0 Å². The largest absolute Gasteiger partial charge is 0.351 e. The van der Waals surface area contributed by atoms with Gasteiger partial charge >= 0.3 is 0 Å². The maximum atomic E-state index is 11.2. The van der Waals surface area contributed by atoms with Crippen LogP contribution in [-0.4, -0.2) is 29.5 Å². The van der Waals surface area contributed by atoms with Crippen LogP contribution in [0.25, 0.3) is 0 Å². The first-order valence-corrected chi connectivity index (χ1v) is 5.52. The molecule has 1 rings (SSSR count). The highest BCUT2D eigenvalue weighted by molar-refractivity contribution is 7.99. The molecule has 1 aliphatic rings. The van der Waals surface area contributed by atoms with Crippen molar-refractivity contribution in [2.24, 2.45) is 5.73 Å². The van der Waals surface area contributed by atoms with Crippen molar-refractivity contribution in [1.82, 2.24) is 5.32 Å². The van der Waals surface area contributed by atoms with Crippen molar-refractivity contribution in [1.29, 1.82) is 0 Å². The Morgan fingerprint density at radius 2 is 2.23 bits per heavy atom. The van der Waals surface area contributed by atoms with Gasteiger partial charge in [0, 0.05) is 11.3 Å². The molecule has 0 spiro atoms. The molecule has 0 aliphatic heterocycles. The summed E-state index contributed by atoms with van der Waals surface area (Å²) >= 11 is 1.82. The summed E-state index contributed by atoms with van der Waals surface area (Å²) in [6.07, 6.45) is 4.39.